The molecule has 0 aliphatic heterocycles. The Morgan fingerprint density at radius 2 is 2.04 bits per heavy atom. The summed E-state index contributed by atoms with van der Waals surface area (Å²) < 4.78 is 7.92. The molecule has 4 rings (SSSR count). The average molecular weight is 322 g/mol. The van der Waals surface area contributed by atoms with E-state index in [4.69, 9.17) is 9.72 Å². The third-order valence-corrected chi connectivity index (χ3v) is 4.41. The number of fused-ring (bicyclic) bond motifs is 1. The summed E-state index contributed by atoms with van der Waals surface area (Å²) in [6, 6.07) is 13.1. The van der Waals surface area contributed by atoms with Crippen molar-refractivity contribution in [1.82, 2.24) is 9.55 Å². The molecule has 0 saturated heterocycles. The summed E-state index contributed by atoms with van der Waals surface area (Å²) in [5.41, 5.74) is 2.79. The van der Waals surface area contributed by atoms with Gasteiger partial charge in [-0.15, -0.1) is 0 Å². The second-order valence-electron chi connectivity index (χ2n) is 6.22. The van der Waals surface area contributed by atoms with E-state index in [1.165, 1.54) is 0 Å². The number of imidazole rings is 1. The van der Waals surface area contributed by atoms with Gasteiger partial charge in [-0.25, -0.2) is 9.78 Å². The van der Waals surface area contributed by atoms with Crippen molar-refractivity contribution < 1.29 is 14.6 Å². The Bertz CT molecular complexity index is 911. The van der Waals surface area contributed by atoms with Crippen LogP contribution in [0, 0.1) is 0 Å². The molecule has 5 nitrogen and oxygen atoms in total. The lowest BCUT2D eigenvalue weighted by Crippen LogP contribution is -2.01. The highest BCUT2D eigenvalue weighted by Crippen LogP contribution is 2.41. The maximum atomic E-state index is 11.5. The summed E-state index contributed by atoms with van der Waals surface area (Å²) in [7, 11) is 1.94. The fourth-order valence-corrected chi connectivity index (χ4v) is 2.95. The Morgan fingerprint density at radius 3 is 2.71 bits per heavy atom. The smallest absolute Gasteiger partial charge is 0.335 e. The van der Waals surface area contributed by atoms with Crippen LogP contribution in [0.15, 0.2) is 42.5 Å². The number of ether oxygens (including phenoxy) is 1. The third-order valence-electron chi connectivity index (χ3n) is 4.41. The van der Waals surface area contributed by atoms with Crippen molar-refractivity contribution in [2.24, 2.45) is 7.05 Å². The molecule has 5 heteroatoms. The van der Waals surface area contributed by atoms with Gasteiger partial charge in [0.2, 0.25) is 0 Å². The predicted octanol–water partition coefficient (Wildman–Crippen LogP) is 3.73. The zero-order valence-electron chi connectivity index (χ0n) is 13.4. The number of carboxylic acid groups (broad SMARTS) is 1. The maximum absolute atomic E-state index is 11.5. The molecular weight excluding hydrogens is 304 g/mol. The van der Waals surface area contributed by atoms with Crippen molar-refractivity contribution in [3.8, 4) is 5.75 Å². The topological polar surface area (TPSA) is 64.4 Å². The molecule has 0 bridgehead atoms. The van der Waals surface area contributed by atoms with Crippen LogP contribution in [0.1, 0.15) is 40.5 Å². The van der Waals surface area contributed by atoms with E-state index in [9.17, 15) is 9.90 Å². The molecule has 1 aliphatic rings. The van der Waals surface area contributed by atoms with Gasteiger partial charge in [0, 0.05) is 13.0 Å². The Morgan fingerprint density at radius 1 is 1.29 bits per heavy atom. The first kappa shape index (κ1) is 14.8. The van der Waals surface area contributed by atoms with Gasteiger partial charge in [-0.05, 0) is 30.5 Å². The lowest BCUT2D eigenvalue weighted by Gasteiger charge is -2.08. The molecule has 0 amide bonds. The van der Waals surface area contributed by atoms with Crippen LogP contribution in [0.5, 0.6) is 5.75 Å². The van der Waals surface area contributed by atoms with E-state index in [-0.39, 0.29) is 5.56 Å². The minimum absolute atomic E-state index is 0.218. The summed E-state index contributed by atoms with van der Waals surface area (Å²) in [5.74, 6) is 1.06. The third kappa shape index (κ3) is 2.62. The van der Waals surface area contributed by atoms with Gasteiger partial charge in [0.25, 0.3) is 0 Å². The molecule has 0 unspecified atom stereocenters. The second-order valence-corrected chi connectivity index (χ2v) is 6.22. The molecule has 1 saturated carbocycles. The van der Waals surface area contributed by atoms with Crippen LogP contribution in [-0.2, 0) is 13.7 Å². The molecule has 0 spiro atoms. The fraction of sp³-hybridized carbons (Fsp3) is 0.263. The highest BCUT2D eigenvalue weighted by Gasteiger charge is 2.29. The molecule has 1 aliphatic carbocycles. The van der Waals surface area contributed by atoms with E-state index in [2.05, 4.69) is 0 Å². The summed E-state index contributed by atoms with van der Waals surface area (Å²) >= 11 is 0. The number of nitrogens with zero attached hydrogens (tertiary/aromatic N) is 2. The molecule has 122 valence electrons. The second kappa shape index (κ2) is 5.67. The quantitative estimate of drug-likeness (QED) is 0.777. The van der Waals surface area contributed by atoms with Crippen molar-refractivity contribution >= 4 is 17.0 Å². The first-order valence-electron chi connectivity index (χ1n) is 8.04. The molecule has 24 heavy (non-hydrogen) atoms. The monoisotopic (exact) mass is 322 g/mol. The molecule has 3 aromatic rings. The van der Waals surface area contributed by atoms with E-state index in [0.29, 0.717) is 18.3 Å². The summed E-state index contributed by atoms with van der Waals surface area (Å²) in [5, 5.41) is 9.39. The molecular formula is C19H18N2O3. The van der Waals surface area contributed by atoms with Crippen molar-refractivity contribution in [3.05, 3.63) is 59.4 Å². The van der Waals surface area contributed by atoms with Gasteiger partial charge in [0.1, 0.15) is 23.7 Å². The number of rotatable bonds is 5. The predicted molar refractivity (Wildman–Crippen MR) is 90.4 cm³/mol. The van der Waals surface area contributed by atoms with E-state index in [1.807, 2.05) is 41.9 Å². The average Bonchev–Trinajstić information content (AvgIpc) is 3.38. The largest absolute Gasteiger partial charge is 0.487 e. The normalized spacial score (nSPS) is 14.0. The molecule has 1 fully saturated rings. The van der Waals surface area contributed by atoms with Gasteiger partial charge in [-0.1, -0.05) is 30.3 Å². The van der Waals surface area contributed by atoms with Gasteiger partial charge in [0.05, 0.1) is 11.1 Å². The summed E-state index contributed by atoms with van der Waals surface area (Å²) in [6.07, 6.45) is 2.28. The molecule has 2 aromatic carbocycles. The van der Waals surface area contributed by atoms with Crippen molar-refractivity contribution in [2.45, 2.75) is 25.4 Å². The zero-order valence-corrected chi connectivity index (χ0v) is 13.4. The minimum atomic E-state index is -0.962. The number of hydrogen-bond donors (Lipinski definition) is 1. The minimum Gasteiger partial charge on any atom is -0.487 e. The van der Waals surface area contributed by atoms with Gasteiger partial charge in [0.15, 0.2) is 0 Å². The number of aryl methyl sites for hydroxylation is 1. The first-order chi connectivity index (χ1) is 11.6. The lowest BCUT2D eigenvalue weighted by atomic mass is 10.2. The Hall–Kier alpha value is -2.82. The van der Waals surface area contributed by atoms with Gasteiger partial charge < -0.3 is 14.4 Å². The van der Waals surface area contributed by atoms with E-state index >= 15 is 0 Å². The number of aromatic carboxylic acids is 1. The Labute approximate surface area is 139 Å². The van der Waals surface area contributed by atoms with E-state index < -0.39 is 5.97 Å². The van der Waals surface area contributed by atoms with Crippen molar-refractivity contribution in [1.29, 1.82) is 0 Å². The van der Waals surface area contributed by atoms with Crippen LogP contribution < -0.4 is 4.74 Å². The van der Waals surface area contributed by atoms with Crippen LogP contribution in [0.3, 0.4) is 0 Å². The fourth-order valence-electron chi connectivity index (χ4n) is 2.95. The number of aromatic nitrogens is 2. The summed E-state index contributed by atoms with van der Waals surface area (Å²) in [4.78, 5) is 16.2. The van der Waals surface area contributed by atoms with Gasteiger partial charge in [-0.3, -0.25) is 0 Å². The number of hydrogen-bond acceptors (Lipinski definition) is 3. The number of carboxylic acids is 1. The molecule has 1 heterocycles. The molecule has 1 N–H and O–H groups in total. The maximum Gasteiger partial charge on any atom is 0.335 e. The van der Waals surface area contributed by atoms with E-state index in [1.54, 1.807) is 12.1 Å². The Kier molecular flexibility index (Phi) is 3.49. The SMILES string of the molecule is Cn1c(C2CC2)nc2c(OCc3ccccc3)cc(C(=O)O)cc21. The van der Waals surface area contributed by atoms with Crippen molar-refractivity contribution in [2.75, 3.05) is 0 Å². The molecule has 0 radical (unpaired) electrons. The van der Waals surface area contributed by atoms with Crippen LogP contribution in [0.2, 0.25) is 0 Å². The first-order valence-corrected chi connectivity index (χ1v) is 8.04. The highest BCUT2D eigenvalue weighted by atomic mass is 16.5. The zero-order chi connectivity index (χ0) is 16.7. The highest BCUT2D eigenvalue weighted by molar-refractivity contribution is 5.95. The van der Waals surface area contributed by atoms with Crippen molar-refractivity contribution in [3.63, 3.8) is 0 Å². The molecule has 1 aromatic heterocycles. The van der Waals surface area contributed by atoms with Crippen LogP contribution in [-0.4, -0.2) is 20.6 Å². The standard InChI is InChI=1S/C19H18N2O3/c1-21-15-9-14(19(22)23)10-16(17(15)20-18(21)13-7-8-13)24-11-12-5-3-2-4-6-12/h2-6,9-10,13H,7-8,11H2,1H3,(H,22,23). The molecule has 0 atom stereocenters. The summed E-state index contributed by atoms with van der Waals surface area (Å²) in [6.45, 7) is 0.383. The van der Waals surface area contributed by atoms with Gasteiger partial charge in [-0.2, -0.15) is 0 Å². The number of benzene rings is 2. The Balaban J connectivity index is 1.77. The van der Waals surface area contributed by atoms with Crippen LogP contribution in [0.25, 0.3) is 11.0 Å². The van der Waals surface area contributed by atoms with Crippen LogP contribution in [0.4, 0.5) is 0 Å². The number of carbonyl (C=O) groups is 1. The lowest BCUT2D eigenvalue weighted by molar-refractivity contribution is 0.0696. The van der Waals surface area contributed by atoms with Crippen LogP contribution >= 0.6 is 0 Å². The van der Waals surface area contributed by atoms with E-state index in [0.717, 1.165) is 35.3 Å². The van der Waals surface area contributed by atoms with Gasteiger partial charge >= 0.3 is 5.97 Å².